The van der Waals surface area contributed by atoms with E-state index in [0.29, 0.717) is 0 Å². The van der Waals surface area contributed by atoms with E-state index in [1.807, 2.05) is 11.8 Å². The van der Waals surface area contributed by atoms with E-state index in [4.69, 9.17) is 4.42 Å². The summed E-state index contributed by atoms with van der Waals surface area (Å²) in [4.78, 5) is 5.05. The zero-order valence-corrected chi connectivity index (χ0v) is 33.3. The Morgan fingerprint density at radius 2 is 0.845 bits per heavy atom. The summed E-state index contributed by atoms with van der Waals surface area (Å²) in [5, 5.41) is 8.17. The van der Waals surface area contributed by atoms with Crippen LogP contribution in [0.2, 0.25) is 0 Å². The molecule has 2 nitrogen and oxygen atoms in total. The quantitative estimate of drug-likeness (QED) is 0.162. The number of furan rings is 1. The van der Waals surface area contributed by atoms with Crippen molar-refractivity contribution in [1.82, 2.24) is 0 Å². The molecule has 9 aromatic carbocycles. The van der Waals surface area contributed by atoms with Gasteiger partial charge in [-0.05, 0) is 115 Å². The standard InChI is InChI=1S/C54H35NOSSi/c1-3-13-36(14-4-1)37-23-27-41(28-24-37)55(40-15-5-2-6-16-40)42-29-32-44-43-30-25-38(33-47(43)56-48(44)35-42)39-26-31-46-45-17-7-10-20-51(45)58(54(46)34-39)52-21-11-8-18-49(52)57-50-19-9-12-22-53(50)58/h1-35H. The predicted molar refractivity (Wildman–Crippen MR) is 246 cm³/mol. The van der Waals surface area contributed by atoms with Crippen LogP contribution in [0.25, 0.3) is 55.3 Å². The largest absolute Gasteiger partial charge is 0.456 e. The Labute approximate surface area is 342 Å². The maximum atomic E-state index is 6.78. The number of benzene rings is 9. The molecule has 0 amide bonds. The van der Waals surface area contributed by atoms with Crippen LogP contribution in [-0.4, -0.2) is 8.07 Å². The smallest absolute Gasteiger partial charge is 0.183 e. The molecular formula is C54H35NOSSi. The van der Waals surface area contributed by atoms with Gasteiger partial charge in [-0.3, -0.25) is 0 Å². The molecule has 4 heteroatoms. The Morgan fingerprint density at radius 3 is 1.59 bits per heavy atom. The van der Waals surface area contributed by atoms with Crippen LogP contribution in [-0.2, 0) is 0 Å². The molecule has 272 valence electrons. The lowest BCUT2D eigenvalue weighted by atomic mass is 9.99. The van der Waals surface area contributed by atoms with Crippen molar-refractivity contribution in [2.45, 2.75) is 9.79 Å². The summed E-state index contributed by atoms with van der Waals surface area (Å²) in [6.07, 6.45) is 0. The summed E-state index contributed by atoms with van der Waals surface area (Å²) < 4.78 is 6.78. The first kappa shape index (κ1) is 33.3. The fourth-order valence-corrected chi connectivity index (χ4v) is 17.0. The minimum absolute atomic E-state index is 0.871. The molecule has 2 aliphatic heterocycles. The van der Waals surface area contributed by atoms with Gasteiger partial charge in [0.1, 0.15) is 11.2 Å². The first-order valence-electron chi connectivity index (χ1n) is 19.8. The molecule has 12 rings (SSSR count). The second-order valence-electron chi connectivity index (χ2n) is 15.2. The summed E-state index contributed by atoms with van der Waals surface area (Å²) in [6.45, 7) is 0. The third kappa shape index (κ3) is 4.99. The van der Waals surface area contributed by atoms with Crippen molar-refractivity contribution in [2.75, 3.05) is 4.90 Å². The number of hydrogen-bond donors (Lipinski definition) is 0. The van der Waals surface area contributed by atoms with E-state index >= 15 is 0 Å². The zero-order valence-electron chi connectivity index (χ0n) is 31.5. The molecule has 1 aromatic heterocycles. The van der Waals surface area contributed by atoms with E-state index in [-0.39, 0.29) is 0 Å². The van der Waals surface area contributed by atoms with Crippen LogP contribution in [0.3, 0.4) is 0 Å². The fraction of sp³-hybridized carbons (Fsp3) is 0. The Kier molecular flexibility index (Phi) is 7.52. The van der Waals surface area contributed by atoms with Crippen LogP contribution >= 0.6 is 11.8 Å². The molecule has 3 heterocycles. The monoisotopic (exact) mass is 773 g/mol. The number of anilines is 3. The summed E-state index contributed by atoms with van der Waals surface area (Å²) in [5.41, 5.74) is 12.5. The van der Waals surface area contributed by atoms with Crippen LogP contribution in [0, 0.1) is 0 Å². The molecular weight excluding hydrogens is 739 g/mol. The second kappa shape index (κ2) is 13.1. The number of hydrogen-bond acceptors (Lipinski definition) is 3. The van der Waals surface area contributed by atoms with Gasteiger partial charge in [-0.2, -0.15) is 0 Å². The molecule has 0 unspecified atom stereocenters. The fourth-order valence-electron chi connectivity index (χ4n) is 9.58. The topological polar surface area (TPSA) is 16.4 Å². The Morgan fingerprint density at radius 1 is 0.345 bits per heavy atom. The van der Waals surface area contributed by atoms with Crippen molar-refractivity contribution in [2.24, 2.45) is 0 Å². The molecule has 0 radical (unpaired) electrons. The minimum atomic E-state index is -2.59. The highest BCUT2D eigenvalue weighted by Crippen LogP contribution is 2.42. The number of rotatable bonds is 5. The van der Waals surface area contributed by atoms with Gasteiger partial charge in [-0.15, -0.1) is 0 Å². The van der Waals surface area contributed by atoms with Gasteiger partial charge in [0, 0.05) is 43.7 Å². The summed E-state index contributed by atoms with van der Waals surface area (Å²) in [5.74, 6) is 0. The molecule has 2 aliphatic rings. The molecule has 0 fully saturated rings. The maximum absolute atomic E-state index is 6.78. The van der Waals surface area contributed by atoms with Gasteiger partial charge in [0.25, 0.3) is 0 Å². The average molecular weight is 774 g/mol. The van der Waals surface area contributed by atoms with Crippen molar-refractivity contribution in [3.05, 3.63) is 212 Å². The normalized spacial score (nSPS) is 13.2. The SMILES string of the molecule is c1ccc(-c2ccc(N(c3ccccc3)c3ccc4c(c3)oc3cc(-c5ccc6c(c5)[Si]5(c7ccccc7Sc7ccccc75)c5ccccc5-6)ccc34)cc2)cc1. The van der Waals surface area contributed by atoms with E-state index in [9.17, 15) is 0 Å². The van der Waals surface area contributed by atoms with Crippen molar-refractivity contribution >= 4 is 79.6 Å². The Bertz CT molecular complexity index is 3160. The van der Waals surface area contributed by atoms with Gasteiger partial charge in [0.15, 0.2) is 8.07 Å². The van der Waals surface area contributed by atoms with Crippen LogP contribution in [0.1, 0.15) is 0 Å². The third-order valence-corrected chi connectivity index (χ3v) is 18.6. The Balaban J connectivity index is 0.972. The van der Waals surface area contributed by atoms with Gasteiger partial charge in [-0.25, -0.2) is 0 Å². The van der Waals surface area contributed by atoms with Crippen molar-refractivity contribution in [3.63, 3.8) is 0 Å². The number of nitrogens with zero attached hydrogens (tertiary/aromatic N) is 1. The first-order chi connectivity index (χ1) is 28.7. The molecule has 0 aliphatic carbocycles. The summed E-state index contributed by atoms with van der Waals surface area (Å²) >= 11 is 1.92. The number of para-hydroxylation sites is 1. The van der Waals surface area contributed by atoms with E-state index in [1.165, 1.54) is 58.4 Å². The zero-order chi connectivity index (χ0) is 38.2. The highest BCUT2D eigenvalue weighted by Gasteiger charge is 2.52. The lowest BCUT2D eigenvalue weighted by Gasteiger charge is -2.37. The first-order valence-corrected chi connectivity index (χ1v) is 22.6. The van der Waals surface area contributed by atoms with E-state index < -0.39 is 8.07 Å². The van der Waals surface area contributed by atoms with Gasteiger partial charge in [0.2, 0.25) is 0 Å². The molecule has 0 bridgehead atoms. The summed E-state index contributed by atoms with van der Waals surface area (Å²) in [6, 6.07) is 77.9. The van der Waals surface area contributed by atoms with Crippen molar-refractivity contribution in [1.29, 1.82) is 0 Å². The van der Waals surface area contributed by atoms with Crippen LogP contribution < -0.4 is 25.6 Å². The van der Waals surface area contributed by atoms with Crippen LogP contribution in [0.15, 0.2) is 227 Å². The van der Waals surface area contributed by atoms with E-state index in [2.05, 4.69) is 217 Å². The molecule has 0 saturated carbocycles. The average Bonchev–Trinajstić information content (AvgIpc) is 3.80. The number of fused-ring (bicyclic) bond motifs is 12. The maximum Gasteiger partial charge on any atom is 0.183 e. The van der Waals surface area contributed by atoms with Gasteiger partial charge in [-0.1, -0.05) is 157 Å². The molecule has 0 atom stereocenters. The van der Waals surface area contributed by atoms with Crippen molar-refractivity contribution in [3.8, 4) is 33.4 Å². The molecule has 58 heavy (non-hydrogen) atoms. The summed E-state index contributed by atoms with van der Waals surface area (Å²) in [7, 11) is -2.59. The van der Waals surface area contributed by atoms with Gasteiger partial charge < -0.3 is 9.32 Å². The highest BCUT2D eigenvalue weighted by molar-refractivity contribution is 8.00. The third-order valence-electron chi connectivity index (χ3n) is 12.1. The minimum Gasteiger partial charge on any atom is -0.456 e. The molecule has 0 N–H and O–H groups in total. The molecule has 0 saturated heterocycles. The lowest BCUT2D eigenvalue weighted by molar-refractivity contribution is 0.669. The van der Waals surface area contributed by atoms with Gasteiger partial charge >= 0.3 is 0 Å². The predicted octanol–water partition coefficient (Wildman–Crippen LogP) is 12.2. The second-order valence-corrected chi connectivity index (χ2v) is 20.0. The Hall–Kier alpha value is -6.85. The lowest BCUT2D eigenvalue weighted by Crippen LogP contribution is -2.74. The van der Waals surface area contributed by atoms with Crippen LogP contribution in [0.5, 0.6) is 0 Å². The molecule has 1 spiro atoms. The van der Waals surface area contributed by atoms with Crippen LogP contribution in [0.4, 0.5) is 17.1 Å². The van der Waals surface area contributed by atoms with Crippen molar-refractivity contribution < 1.29 is 4.42 Å². The van der Waals surface area contributed by atoms with Gasteiger partial charge in [0.05, 0.1) is 0 Å². The molecule has 10 aromatic rings. The van der Waals surface area contributed by atoms with E-state index in [0.717, 1.165) is 44.6 Å². The van der Waals surface area contributed by atoms with E-state index in [1.54, 1.807) is 0 Å². The highest BCUT2D eigenvalue weighted by atomic mass is 32.2.